The Morgan fingerprint density at radius 2 is 1.90 bits per heavy atom. The Hall–Kier alpha value is -1.71. The summed E-state index contributed by atoms with van der Waals surface area (Å²) in [6.45, 7) is 9.50. The minimum absolute atomic E-state index is 0.286. The smallest absolute Gasteiger partial charge is 0.335 e. The maximum atomic E-state index is 11.2. The lowest BCUT2D eigenvalue weighted by molar-refractivity contribution is 0.0697. The molecule has 0 saturated carbocycles. The van der Waals surface area contributed by atoms with Crippen LogP contribution in [-0.2, 0) is 0 Å². The van der Waals surface area contributed by atoms with Crippen molar-refractivity contribution >= 4 is 17.3 Å². The molecular formula is C16H26N2O2. The molecule has 0 aliphatic rings. The van der Waals surface area contributed by atoms with Crippen LogP contribution in [0.2, 0.25) is 0 Å². The van der Waals surface area contributed by atoms with E-state index in [0.29, 0.717) is 17.6 Å². The molecule has 20 heavy (non-hydrogen) atoms. The number of nitrogens with two attached hydrogens (primary N) is 1. The molecular weight excluding hydrogens is 252 g/mol. The van der Waals surface area contributed by atoms with Gasteiger partial charge in [0.15, 0.2) is 0 Å². The number of hydrogen-bond donors (Lipinski definition) is 2. The van der Waals surface area contributed by atoms with Gasteiger partial charge in [-0.15, -0.1) is 0 Å². The maximum absolute atomic E-state index is 11.2. The van der Waals surface area contributed by atoms with Crippen LogP contribution in [0.3, 0.4) is 0 Å². The van der Waals surface area contributed by atoms with Crippen molar-refractivity contribution in [3.63, 3.8) is 0 Å². The van der Waals surface area contributed by atoms with Gasteiger partial charge in [-0.05, 0) is 37.0 Å². The summed E-state index contributed by atoms with van der Waals surface area (Å²) >= 11 is 0. The van der Waals surface area contributed by atoms with Crippen molar-refractivity contribution in [3.8, 4) is 0 Å². The molecule has 112 valence electrons. The molecule has 0 aromatic heterocycles. The standard InChI is InChI=1S/C16H26N2O2/c1-5-13(6-2)18(10-11(3)4)15-9-12(16(19)20)7-8-14(15)17/h7-9,11,13H,5-6,10,17H2,1-4H3,(H,19,20). The lowest BCUT2D eigenvalue weighted by atomic mass is 10.0. The molecule has 4 heteroatoms. The summed E-state index contributed by atoms with van der Waals surface area (Å²) in [5.41, 5.74) is 7.85. The van der Waals surface area contributed by atoms with Gasteiger partial charge in [0.2, 0.25) is 0 Å². The van der Waals surface area contributed by atoms with E-state index in [2.05, 4.69) is 32.6 Å². The second-order valence-corrected chi connectivity index (χ2v) is 5.60. The summed E-state index contributed by atoms with van der Waals surface area (Å²) in [4.78, 5) is 13.4. The molecule has 0 radical (unpaired) electrons. The van der Waals surface area contributed by atoms with E-state index in [1.54, 1.807) is 18.2 Å². The third kappa shape index (κ3) is 3.89. The Kier molecular flexibility index (Phi) is 5.86. The van der Waals surface area contributed by atoms with Crippen LogP contribution in [-0.4, -0.2) is 23.7 Å². The van der Waals surface area contributed by atoms with Gasteiger partial charge in [0.1, 0.15) is 0 Å². The first-order chi connectivity index (χ1) is 9.40. The molecule has 0 aliphatic heterocycles. The fourth-order valence-corrected chi connectivity index (χ4v) is 2.49. The second kappa shape index (κ2) is 7.17. The topological polar surface area (TPSA) is 66.6 Å². The minimum Gasteiger partial charge on any atom is -0.478 e. The summed E-state index contributed by atoms with van der Waals surface area (Å²) in [6, 6.07) is 5.32. The molecule has 0 saturated heterocycles. The van der Waals surface area contributed by atoms with Gasteiger partial charge in [0.25, 0.3) is 0 Å². The van der Waals surface area contributed by atoms with E-state index in [1.807, 2.05) is 0 Å². The van der Waals surface area contributed by atoms with Gasteiger partial charge in [-0.3, -0.25) is 0 Å². The van der Waals surface area contributed by atoms with Gasteiger partial charge in [0.05, 0.1) is 16.9 Å². The Balaban J connectivity index is 3.24. The van der Waals surface area contributed by atoms with Gasteiger partial charge in [-0.1, -0.05) is 27.7 Å². The number of aromatic carboxylic acids is 1. The molecule has 1 aromatic carbocycles. The first kappa shape index (κ1) is 16.3. The zero-order chi connectivity index (χ0) is 15.3. The molecule has 0 aliphatic carbocycles. The highest BCUT2D eigenvalue weighted by molar-refractivity contribution is 5.90. The van der Waals surface area contributed by atoms with Crippen molar-refractivity contribution in [2.75, 3.05) is 17.2 Å². The quantitative estimate of drug-likeness (QED) is 0.748. The SMILES string of the molecule is CCC(CC)N(CC(C)C)c1cc(C(=O)O)ccc1N. The fraction of sp³-hybridized carbons (Fsp3) is 0.562. The second-order valence-electron chi connectivity index (χ2n) is 5.60. The number of anilines is 2. The van der Waals surface area contributed by atoms with Crippen molar-refractivity contribution in [2.24, 2.45) is 5.92 Å². The number of carboxylic acid groups (broad SMARTS) is 1. The monoisotopic (exact) mass is 278 g/mol. The molecule has 0 fully saturated rings. The number of nitrogens with zero attached hydrogens (tertiary/aromatic N) is 1. The Morgan fingerprint density at radius 3 is 2.35 bits per heavy atom. The average Bonchev–Trinajstić information content (AvgIpc) is 2.38. The number of nitrogen functional groups attached to an aromatic ring is 1. The van der Waals surface area contributed by atoms with Crippen molar-refractivity contribution in [1.82, 2.24) is 0 Å². The lowest BCUT2D eigenvalue weighted by Crippen LogP contribution is -2.38. The molecule has 0 spiro atoms. The molecule has 1 aromatic rings. The van der Waals surface area contributed by atoms with Gasteiger partial charge in [0, 0.05) is 12.6 Å². The summed E-state index contributed by atoms with van der Waals surface area (Å²) in [6.07, 6.45) is 2.03. The molecule has 0 amide bonds. The van der Waals surface area contributed by atoms with E-state index in [1.165, 1.54) is 0 Å². The highest BCUT2D eigenvalue weighted by Crippen LogP contribution is 2.29. The van der Waals surface area contributed by atoms with Crippen molar-refractivity contribution in [3.05, 3.63) is 23.8 Å². The van der Waals surface area contributed by atoms with Crippen LogP contribution in [0.4, 0.5) is 11.4 Å². The van der Waals surface area contributed by atoms with E-state index in [4.69, 9.17) is 10.8 Å². The van der Waals surface area contributed by atoms with Crippen LogP contribution in [0, 0.1) is 5.92 Å². The lowest BCUT2D eigenvalue weighted by Gasteiger charge is -2.35. The largest absolute Gasteiger partial charge is 0.478 e. The predicted molar refractivity (Wildman–Crippen MR) is 84.4 cm³/mol. The van der Waals surface area contributed by atoms with Crippen LogP contribution in [0.5, 0.6) is 0 Å². The van der Waals surface area contributed by atoms with E-state index < -0.39 is 5.97 Å². The van der Waals surface area contributed by atoms with Crippen molar-refractivity contribution < 1.29 is 9.90 Å². The van der Waals surface area contributed by atoms with Crippen LogP contribution in [0.25, 0.3) is 0 Å². The molecule has 4 nitrogen and oxygen atoms in total. The van der Waals surface area contributed by atoms with Gasteiger partial charge in [-0.2, -0.15) is 0 Å². The molecule has 0 heterocycles. The Labute approximate surface area is 121 Å². The van der Waals surface area contributed by atoms with Gasteiger partial charge < -0.3 is 15.7 Å². The summed E-state index contributed by atoms with van der Waals surface area (Å²) in [5.74, 6) is -0.427. The molecule has 1 rings (SSSR count). The van der Waals surface area contributed by atoms with E-state index in [0.717, 1.165) is 25.1 Å². The minimum atomic E-state index is -0.916. The van der Waals surface area contributed by atoms with Crippen LogP contribution in [0.15, 0.2) is 18.2 Å². The maximum Gasteiger partial charge on any atom is 0.335 e. The predicted octanol–water partition coefficient (Wildman–Crippen LogP) is 3.62. The third-order valence-corrected chi connectivity index (χ3v) is 3.53. The first-order valence-electron chi connectivity index (χ1n) is 7.30. The van der Waals surface area contributed by atoms with E-state index in [-0.39, 0.29) is 5.56 Å². The molecule has 0 bridgehead atoms. The summed E-state index contributed by atoms with van der Waals surface area (Å²) in [7, 11) is 0. The number of carboxylic acids is 1. The number of carbonyl (C=O) groups is 1. The molecule has 0 atom stereocenters. The van der Waals surface area contributed by atoms with Crippen LogP contribution in [0.1, 0.15) is 50.9 Å². The number of benzene rings is 1. The van der Waals surface area contributed by atoms with E-state index >= 15 is 0 Å². The van der Waals surface area contributed by atoms with Crippen LogP contribution >= 0.6 is 0 Å². The number of rotatable bonds is 7. The normalized spacial score (nSPS) is 11.1. The Morgan fingerprint density at radius 1 is 1.30 bits per heavy atom. The van der Waals surface area contributed by atoms with Gasteiger partial charge >= 0.3 is 5.97 Å². The Bertz CT molecular complexity index is 454. The molecule has 3 N–H and O–H groups in total. The zero-order valence-corrected chi connectivity index (χ0v) is 12.9. The fourth-order valence-electron chi connectivity index (χ4n) is 2.49. The zero-order valence-electron chi connectivity index (χ0n) is 12.9. The van der Waals surface area contributed by atoms with Crippen molar-refractivity contribution in [1.29, 1.82) is 0 Å². The number of hydrogen-bond acceptors (Lipinski definition) is 3. The summed E-state index contributed by atoms with van der Waals surface area (Å²) < 4.78 is 0. The average molecular weight is 278 g/mol. The van der Waals surface area contributed by atoms with E-state index in [9.17, 15) is 4.79 Å². The molecule has 0 unspecified atom stereocenters. The van der Waals surface area contributed by atoms with Crippen molar-refractivity contribution in [2.45, 2.75) is 46.6 Å². The third-order valence-electron chi connectivity index (χ3n) is 3.53. The summed E-state index contributed by atoms with van der Waals surface area (Å²) in [5, 5.41) is 9.16. The highest BCUT2D eigenvalue weighted by Gasteiger charge is 2.20. The first-order valence-corrected chi connectivity index (χ1v) is 7.30. The van der Waals surface area contributed by atoms with Crippen LogP contribution < -0.4 is 10.6 Å². The van der Waals surface area contributed by atoms with Gasteiger partial charge in [-0.25, -0.2) is 4.79 Å². The highest BCUT2D eigenvalue weighted by atomic mass is 16.4.